The van der Waals surface area contributed by atoms with Gasteiger partial charge in [0.05, 0.1) is 18.3 Å². The van der Waals surface area contributed by atoms with Gasteiger partial charge in [-0.15, -0.1) is 5.73 Å². The second-order valence-corrected chi connectivity index (χ2v) is 7.79. The fourth-order valence-corrected chi connectivity index (χ4v) is 2.69. The van der Waals surface area contributed by atoms with E-state index in [9.17, 15) is 19.2 Å². The highest BCUT2D eigenvalue weighted by atomic mass is 16.2. The lowest BCUT2D eigenvalue weighted by Crippen LogP contribution is -2.31. The van der Waals surface area contributed by atoms with E-state index < -0.39 is 0 Å². The third kappa shape index (κ3) is 20.6. The summed E-state index contributed by atoms with van der Waals surface area (Å²) in [6.45, 7) is 20.0. The lowest BCUT2D eigenvalue weighted by molar-refractivity contribution is -0.139. The van der Waals surface area contributed by atoms with E-state index in [1.54, 1.807) is 20.8 Å². The Labute approximate surface area is 225 Å². The average molecular weight is 520 g/mol. The van der Waals surface area contributed by atoms with Gasteiger partial charge < -0.3 is 31.7 Å². The average Bonchev–Trinajstić information content (AvgIpc) is 3.09. The maximum atomic E-state index is 11.7. The van der Waals surface area contributed by atoms with Gasteiger partial charge in [0.2, 0.25) is 11.8 Å². The number of imide groups is 1. The summed E-state index contributed by atoms with van der Waals surface area (Å²) in [7, 11) is 0. The third-order valence-corrected chi connectivity index (χ3v) is 4.56. The predicted molar refractivity (Wildman–Crippen MR) is 158 cm³/mol. The van der Waals surface area contributed by atoms with Gasteiger partial charge in [-0.2, -0.15) is 0 Å². The molecular formula is C27H61N5O4. The Morgan fingerprint density at radius 3 is 2.19 bits per heavy atom. The molecule has 0 aliphatic carbocycles. The minimum absolute atomic E-state index is 0. The first kappa shape index (κ1) is 40.4. The molecule has 36 heavy (non-hydrogen) atoms. The molecule has 9 nitrogen and oxygen atoms in total. The highest BCUT2D eigenvalue weighted by molar-refractivity contribution is 6.03. The van der Waals surface area contributed by atoms with Gasteiger partial charge in [0.25, 0.3) is 0 Å². The highest BCUT2D eigenvalue weighted by Gasteiger charge is 2.34. The van der Waals surface area contributed by atoms with Crippen molar-refractivity contribution in [2.75, 3.05) is 19.6 Å². The zero-order valence-electron chi connectivity index (χ0n) is 22.7. The molecule has 0 aromatic heterocycles. The molecule has 0 bridgehead atoms. The number of unbranched alkanes of at least 4 members (excludes halogenated alkanes) is 2. The highest BCUT2D eigenvalue weighted by Crippen LogP contribution is 2.19. The quantitative estimate of drug-likeness (QED) is 0.123. The third-order valence-electron chi connectivity index (χ3n) is 4.56. The van der Waals surface area contributed by atoms with Gasteiger partial charge >= 0.3 is 0 Å². The first-order valence-corrected chi connectivity index (χ1v) is 12.4. The van der Waals surface area contributed by atoms with E-state index >= 15 is 0 Å². The number of amides is 2. The number of rotatable bonds is 13. The van der Waals surface area contributed by atoms with E-state index in [-0.39, 0.29) is 42.9 Å². The topological polar surface area (TPSA) is 148 Å². The van der Waals surface area contributed by atoms with Gasteiger partial charge in [-0.25, -0.2) is 0 Å². The summed E-state index contributed by atoms with van der Waals surface area (Å²) in [5.74, 6) is -0.268. The second kappa shape index (κ2) is 26.9. The number of hydrogen-bond donors (Lipinski definition) is 4. The molecule has 0 radical (unpaired) electrons. The molecule has 3 atom stereocenters. The minimum atomic E-state index is -0.240. The first-order chi connectivity index (χ1) is 16.6. The van der Waals surface area contributed by atoms with E-state index in [2.05, 4.69) is 29.5 Å². The molecule has 0 saturated carbocycles. The predicted octanol–water partition coefficient (Wildman–Crippen LogP) is 4.03. The smallest absolute Gasteiger partial charge is 0.232 e. The largest absolute Gasteiger partial charge is 0.381 e. The van der Waals surface area contributed by atoms with Crippen LogP contribution >= 0.6 is 0 Å². The number of allylic oxidation sites excluding steroid dienone is 1. The standard InChI is InChI=1S/C16H24N2O3.C6H12N2O.C2H7N.C2H6.CH4.4H2/c1-4-14(17-13(3)11-19)8-6-5-7-9-18-15(20)10-12(2)16(18)21;1-5(7)6(2)8-3-4-9;1-2-3;1-2;;;;;/h11-13,17H,1,5-10H2,2-3H3;4-5,8H,2-3,7H2,1H3;2-3H2,1H3;1-2H3;1H4;4*1H/t12?,13-;5-;;;;;;;/m00......./s1. The Morgan fingerprint density at radius 2 is 1.81 bits per heavy atom. The van der Waals surface area contributed by atoms with Crippen LogP contribution in [0.25, 0.3) is 0 Å². The van der Waals surface area contributed by atoms with Crippen molar-refractivity contribution in [1.82, 2.24) is 15.5 Å². The summed E-state index contributed by atoms with van der Waals surface area (Å²) in [6.07, 6.45) is 5.33. The lowest BCUT2D eigenvalue weighted by Gasteiger charge is -2.14. The second-order valence-electron chi connectivity index (χ2n) is 7.79. The number of carbonyl (C=O) groups excluding carboxylic acids is 4. The number of hydrogen-bond acceptors (Lipinski definition) is 8. The Hall–Kier alpha value is -2.74. The van der Waals surface area contributed by atoms with Gasteiger partial charge in [-0.05, 0) is 39.7 Å². The molecule has 2 amide bonds. The van der Waals surface area contributed by atoms with Crippen LogP contribution < -0.4 is 22.1 Å². The van der Waals surface area contributed by atoms with E-state index in [4.69, 9.17) is 11.5 Å². The van der Waals surface area contributed by atoms with Crippen LogP contribution in [0.2, 0.25) is 0 Å². The van der Waals surface area contributed by atoms with Crippen molar-refractivity contribution in [3.05, 3.63) is 30.3 Å². The summed E-state index contributed by atoms with van der Waals surface area (Å²) in [5.41, 5.74) is 14.6. The summed E-state index contributed by atoms with van der Waals surface area (Å²) in [6, 6.07) is -0.333. The molecule has 218 valence electrons. The Bertz CT molecular complexity index is 692. The van der Waals surface area contributed by atoms with Gasteiger partial charge in [-0.3, -0.25) is 14.5 Å². The zero-order valence-corrected chi connectivity index (χ0v) is 22.7. The van der Waals surface area contributed by atoms with Gasteiger partial charge in [0.15, 0.2) is 0 Å². The van der Waals surface area contributed by atoms with Crippen molar-refractivity contribution < 1.29 is 24.9 Å². The van der Waals surface area contributed by atoms with Crippen LogP contribution in [0.3, 0.4) is 0 Å². The first-order valence-electron chi connectivity index (χ1n) is 12.4. The molecule has 1 aliphatic heterocycles. The van der Waals surface area contributed by atoms with Crippen molar-refractivity contribution in [3.8, 4) is 0 Å². The maximum absolute atomic E-state index is 11.7. The van der Waals surface area contributed by atoms with Crippen molar-refractivity contribution >= 4 is 24.4 Å². The van der Waals surface area contributed by atoms with Crippen LogP contribution in [0.1, 0.15) is 86.8 Å². The maximum Gasteiger partial charge on any atom is 0.232 e. The van der Waals surface area contributed by atoms with E-state index in [0.29, 0.717) is 25.2 Å². The van der Waals surface area contributed by atoms with Crippen LogP contribution in [0, 0.1) is 5.92 Å². The monoisotopic (exact) mass is 519 g/mol. The molecule has 6 N–H and O–H groups in total. The van der Waals surface area contributed by atoms with Crippen molar-refractivity contribution in [2.45, 2.75) is 93.2 Å². The van der Waals surface area contributed by atoms with Crippen LogP contribution in [0.4, 0.5) is 0 Å². The molecule has 1 fully saturated rings. The van der Waals surface area contributed by atoms with Gasteiger partial charge in [-0.1, -0.05) is 54.7 Å². The fraction of sp³-hybridized carbons (Fsp3) is 0.667. The Kier molecular flexibility index (Phi) is 30.2. The molecule has 1 heterocycles. The molecule has 0 aromatic rings. The molecular weight excluding hydrogens is 458 g/mol. The van der Waals surface area contributed by atoms with Crippen molar-refractivity contribution in [1.29, 1.82) is 0 Å². The summed E-state index contributed by atoms with van der Waals surface area (Å²) in [4.78, 5) is 45.1. The molecule has 1 rings (SSSR count). The van der Waals surface area contributed by atoms with Crippen LogP contribution in [-0.4, -0.2) is 61.0 Å². The number of aldehydes is 2. The molecule has 1 unspecified atom stereocenters. The minimum Gasteiger partial charge on any atom is -0.381 e. The van der Waals surface area contributed by atoms with Crippen LogP contribution in [0.15, 0.2) is 30.3 Å². The molecule has 1 saturated heterocycles. The van der Waals surface area contributed by atoms with E-state index in [1.165, 1.54) is 4.90 Å². The summed E-state index contributed by atoms with van der Waals surface area (Å²) >= 11 is 0. The van der Waals surface area contributed by atoms with Gasteiger partial charge in [0.1, 0.15) is 12.6 Å². The number of likely N-dealkylation sites (tertiary alicyclic amines) is 1. The van der Waals surface area contributed by atoms with Crippen molar-refractivity contribution in [2.24, 2.45) is 17.4 Å². The number of nitrogens with two attached hydrogens (primary N) is 2. The fourth-order valence-electron chi connectivity index (χ4n) is 2.69. The molecule has 0 spiro atoms. The SMILES string of the molecule is C.C=C(NCC=O)[C@H](C)N.C=C=C(CCCCCN1C(=O)CC(C)C1=O)N[C@@H](C)C=O.CC.CCN.[HH].[HH].[HH].[HH]. The molecule has 9 heteroatoms. The normalized spacial score (nSPS) is 15.0. The number of nitrogens with one attached hydrogen (secondary N) is 2. The van der Waals surface area contributed by atoms with Crippen molar-refractivity contribution in [3.63, 3.8) is 0 Å². The van der Waals surface area contributed by atoms with Gasteiger partial charge in [0, 0.05) is 36.3 Å². The van der Waals surface area contributed by atoms with Crippen LogP contribution in [-0.2, 0) is 19.2 Å². The molecule has 1 aliphatic rings. The lowest BCUT2D eigenvalue weighted by atomic mass is 10.1. The van der Waals surface area contributed by atoms with Crippen LogP contribution in [0.5, 0.6) is 0 Å². The van der Waals surface area contributed by atoms with E-state index in [0.717, 1.165) is 50.5 Å². The number of nitrogens with zero attached hydrogens (tertiary/aromatic N) is 1. The summed E-state index contributed by atoms with van der Waals surface area (Å²) < 4.78 is 0. The zero-order chi connectivity index (χ0) is 27.8. The number of carbonyl (C=O) groups is 4. The molecule has 0 aromatic carbocycles. The Morgan fingerprint density at radius 1 is 1.25 bits per heavy atom. The Balaban J connectivity index is -0.0000000770. The van der Waals surface area contributed by atoms with E-state index in [1.807, 2.05) is 20.8 Å². The summed E-state index contributed by atoms with van der Waals surface area (Å²) in [5, 5.41) is 5.77.